The van der Waals surface area contributed by atoms with Gasteiger partial charge in [-0.25, -0.2) is 4.98 Å². The van der Waals surface area contributed by atoms with E-state index in [-0.39, 0.29) is 23.0 Å². The van der Waals surface area contributed by atoms with Gasteiger partial charge >= 0.3 is 6.18 Å². The number of nitrogens with zero attached hydrogens (tertiary/aromatic N) is 4. The van der Waals surface area contributed by atoms with Crippen molar-refractivity contribution in [3.05, 3.63) is 63.5 Å². The van der Waals surface area contributed by atoms with Crippen LogP contribution < -0.4 is 5.32 Å². The number of imidazole rings is 1. The number of thiophene rings is 1. The zero-order valence-corrected chi connectivity index (χ0v) is 16.4. The molecule has 6 nitrogen and oxygen atoms in total. The highest BCUT2D eigenvalue weighted by Gasteiger charge is 2.36. The maximum absolute atomic E-state index is 13.7. The second-order valence-electron chi connectivity index (χ2n) is 6.25. The predicted octanol–water partition coefficient (Wildman–Crippen LogP) is 4.40. The van der Waals surface area contributed by atoms with Crippen molar-refractivity contribution in [1.29, 1.82) is 0 Å². The van der Waals surface area contributed by atoms with Crippen molar-refractivity contribution in [3.63, 3.8) is 0 Å². The summed E-state index contributed by atoms with van der Waals surface area (Å²) in [6.45, 7) is 0.230. The zero-order chi connectivity index (χ0) is 20.8. The van der Waals surface area contributed by atoms with E-state index in [0.29, 0.717) is 5.56 Å². The van der Waals surface area contributed by atoms with Crippen LogP contribution in [0.25, 0.3) is 16.8 Å². The molecule has 0 aliphatic rings. The minimum absolute atomic E-state index is 0.195. The largest absolute Gasteiger partial charge is 0.420 e. The highest BCUT2D eigenvalue weighted by atomic mass is 35.5. The number of fused-ring (bicyclic) bond motifs is 1. The first-order valence-electron chi connectivity index (χ1n) is 8.32. The first-order chi connectivity index (χ1) is 13.7. The highest BCUT2D eigenvalue weighted by Crippen LogP contribution is 2.36. The Labute approximate surface area is 171 Å². The maximum atomic E-state index is 13.7. The molecule has 4 aromatic heterocycles. The molecule has 11 heteroatoms. The van der Waals surface area contributed by atoms with Gasteiger partial charge in [0.25, 0.3) is 5.91 Å². The number of nitrogens with one attached hydrogen (secondary N) is 1. The van der Waals surface area contributed by atoms with Crippen LogP contribution in [0, 0.1) is 0 Å². The van der Waals surface area contributed by atoms with E-state index in [4.69, 9.17) is 11.6 Å². The molecule has 0 saturated carbocycles. The molecule has 0 radical (unpaired) electrons. The number of carbonyl (C=O) groups excluding carboxylic acids is 1. The number of hydrogen-bond acceptors (Lipinski definition) is 4. The van der Waals surface area contributed by atoms with E-state index in [0.717, 1.165) is 15.3 Å². The molecular weight excluding hydrogens is 427 g/mol. The Balaban J connectivity index is 1.80. The van der Waals surface area contributed by atoms with Gasteiger partial charge in [0.2, 0.25) is 0 Å². The monoisotopic (exact) mass is 439 g/mol. The molecule has 4 rings (SSSR count). The molecule has 0 aromatic carbocycles. The molecule has 0 aliphatic heterocycles. The van der Waals surface area contributed by atoms with E-state index >= 15 is 0 Å². The van der Waals surface area contributed by atoms with Crippen LogP contribution in [0.1, 0.15) is 20.9 Å². The van der Waals surface area contributed by atoms with Crippen LogP contribution in [0.2, 0.25) is 5.15 Å². The van der Waals surface area contributed by atoms with Crippen LogP contribution in [-0.2, 0) is 19.8 Å². The van der Waals surface area contributed by atoms with Crippen molar-refractivity contribution in [2.24, 2.45) is 7.05 Å². The van der Waals surface area contributed by atoms with E-state index in [1.807, 2.05) is 17.5 Å². The van der Waals surface area contributed by atoms with Crippen molar-refractivity contribution in [2.75, 3.05) is 0 Å². The zero-order valence-electron chi connectivity index (χ0n) is 14.9. The topological polar surface area (TPSA) is 64.2 Å². The molecule has 0 fully saturated rings. The summed E-state index contributed by atoms with van der Waals surface area (Å²) < 4.78 is 43.6. The number of halogens is 4. The summed E-state index contributed by atoms with van der Waals surface area (Å²) in [6, 6.07) is 4.64. The fraction of sp³-hybridized carbons (Fsp3) is 0.167. The lowest BCUT2D eigenvalue weighted by molar-refractivity contribution is -0.136. The Hall–Kier alpha value is -2.85. The normalized spacial score (nSPS) is 11.9. The van der Waals surface area contributed by atoms with Gasteiger partial charge in [0.15, 0.2) is 11.3 Å². The molecule has 4 aromatic rings. The molecule has 150 valence electrons. The van der Waals surface area contributed by atoms with Gasteiger partial charge in [-0.3, -0.25) is 13.9 Å². The van der Waals surface area contributed by atoms with E-state index in [2.05, 4.69) is 15.4 Å². The molecule has 0 unspecified atom stereocenters. The third kappa shape index (κ3) is 3.73. The lowest BCUT2D eigenvalue weighted by Crippen LogP contribution is -2.23. The number of hydrogen-bond donors (Lipinski definition) is 1. The quantitative estimate of drug-likeness (QED) is 0.512. The second-order valence-corrected chi connectivity index (χ2v) is 7.64. The minimum Gasteiger partial charge on any atom is -0.346 e. The van der Waals surface area contributed by atoms with Gasteiger partial charge in [-0.2, -0.15) is 18.3 Å². The van der Waals surface area contributed by atoms with Gasteiger partial charge in [-0.1, -0.05) is 17.7 Å². The molecule has 29 heavy (non-hydrogen) atoms. The number of aryl methyl sites for hydroxylation is 1. The summed E-state index contributed by atoms with van der Waals surface area (Å²) in [5.74, 6) is -0.650. The van der Waals surface area contributed by atoms with Crippen molar-refractivity contribution in [2.45, 2.75) is 12.7 Å². The molecule has 0 saturated heterocycles. The summed E-state index contributed by atoms with van der Waals surface area (Å²) in [6.07, 6.45) is -0.243. The van der Waals surface area contributed by atoms with Crippen LogP contribution in [-0.4, -0.2) is 25.1 Å². The van der Waals surface area contributed by atoms with Gasteiger partial charge in [-0.05, 0) is 17.5 Å². The Morgan fingerprint density at radius 1 is 1.31 bits per heavy atom. The number of pyridine rings is 1. The molecule has 4 heterocycles. The van der Waals surface area contributed by atoms with Gasteiger partial charge in [0.1, 0.15) is 5.15 Å². The van der Waals surface area contributed by atoms with Crippen molar-refractivity contribution >= 4 is 34.5 Å². The number of carbonyl (C=O) groups is 1. The Morgan fingerprint density at radius 3 is 2.72 bits per heavy atom. The molecule has 0 atom stereocenters. The summed E-state index contributed by atoms with van der Waals surface area (Å²) in [7, 11) is 1.66. The average Bonchev–Trinajstić information content (AvgIpc) is 3.39. The van der Waals surface area contributed by atoms with Crippen molar-refractivity contribution in [1.82, 2.24) is 24.5 Å². The minimum atomic E-state index is -4.68. The van der Waals surface area contributed by atoms with Gasteiger partial charge in [-0.15, -0.1) is 11.3 Å². The third-order valence-corrected chi connectivity index (χ3v) is 5.46. The van der Waals surface area contributed by atoms with Gasteiger partial charge in [0.05, 0.1) is 18.3 Å². The predicted molar refractivity (Wildman–Crippen MR) is 103 cm³/mol. The first-order valence-corrected chi connectivity index (χ1v) is 9.58. The first kappa shape index (κ1) is 19.5. The van der Waals surface area contributed by atoms with E-state index in [9.17, 15) is 18.0 Å². The molecular formula is C18H13ClF3N5OS. The molecule has 0 spiro atoms. The number of aromatic nitrogens is 4. The van der Waals surface area contributed by atoms with Crippen LogP contribution in [0.4, 0.5) is 13.2 Å². The lowest BCUT2D eigenvalue weighted by Gasteiger charge is -2.10. The molecule has 1 amide bonds. The van der Waals surface area contributed by atoms with Crippen LogP contribution in [0.15, 0.2) is 42.2 Å². The number of alkyl halides is 3. The summed E-state index contributed by atoms with van der Waals surface area (Å²) in [5.41, 5.74) is -0.956. The Bertz CT molecular complexity index is 1200. The van der Waals surface area contributed by atoms with Crippen LogP contribution in [0.5, 0.6) is 0 Å². The second kappa shape index (κ2) is 7.20. The molecule has 1 N–H and O–H groups in total. The van der Waals surface area contributed by atoms with Crippen LogP contribution in [0.3, 0.4) is 0 Å². The van der Waals surface area contributed by atoms with Gasteiger partial charge in [0, 0.05) is 35.4 Å². The molecule has 0 aliphatic carbocycles. The van der Waals surface area contributed by atoms with E-state index in [1.165, 1.54) is 28.4 Å². The van der Waals surface area contributed by atoms with E-state index in [1.54, 1.807) is 13.2 Å². The smallest absolute Gasteiger partial charge is 0.346 e. The fourth-order valence-corrected chi connectivity index (χ4v) is 3.76. The SMILES string of the molecule is Cn1cc(-c2cc(C(F)(F)F)c3nc(C(=O)NCc4cccs4)c(Cl)n3c2)cn1. The highest BCUT2D eigenvalue weighted by molar-refractivity contribution is 7.09. The third-order valence-electron chi connectivity index (χ3n) is 4.22. The van der Waals surface area contributed by atoms with Crippen molar-refractivity contribution in [3.8, 4) is 11.1 Å². The maximum Gasteiger partial charge on any atom is 0.420 e. The van der Waals surface area contributed by atoms with Gasteiger partial charge < -0.3 is 5.32 Å². The van der Waals surface area contributed by atoms with Crippen molar-refractivity contribution < 1.29 is 18.0 Å². The Kier molecular flexibility index (Phi) is 4.83. The van der Waals surface area contributed by atoms with Crippen LogP contribution >= 0.6 is 22.9 Å². The molecule has 0 bridgehead atoms. The lowest BCUT2D eigenvalue weighted by atomic mass is 10.1. The summed E-state index contributed by atoms with van der Waals surface area (Å²) >= 11 is 7.70. The van der Waals surface area contributed by atoms with E-state index < -0.39 is 23.3 Å². The summed E-state index contributed by atoms with van der Waals surface area (Å²) in [5, 5.41) is 8.27. The number of rotatable bonds is 4. The average molecular weight is 440 g/mol. The fourth-order valence-electron chi connectivity index (χ4n) is 2.86. The summed E-state index contributed by atoms with van der Waals surface area (Å²) in [4.78, 5) is 17.3. The standard InChI is InChI=1S/C18H13ClF3N5OS/c1-26-8-11(6-24-26)10-5-13(18(20,21)22)16-25-14(15(19)27(16)9-10)17(28)23-7-12-3-2-4-29-12/h2-6,8-9H,7H2,1H3,(H,23,28). The number of amides is 1. The Morgan fingerprint density at radius 2 is 2.10 bits per heavy atom.